The summed E-state index contributed by atoms with van der Waals surface area (Å²) in [5.41, 5.74) is 0. The summed E-state index contributed by atoms with van der Waals surface area (Å²) in [5, 5.41) is 211. The Morgan fingerprint density at radius 1 is 0.472 bits per heavy atom. The fraction of sp³-hybridized carbons (Fsp3) is 0.804. The van der Waals surface area contributed by atoms with E-state index in [0.717, 1.165) is 9.80 Å². The third-order valence-electron chi connectivity index (χ3n) is 12.5. The van der Waals surface area contributed by atoms with Gasteiger partial charge in [0.1, 0.15) is 97.7 Å². The number of hydrogen-bond donors (Lipinski definition) is 20. The van der Waals surface area contributed by atoms with Crippen LogP contribution >= 0.6 is 0 Å². The number of carbonyl (C=O) groups excluding carboxylic acids is 7. The van der Waals surface area contributed by atoms with Crippen molar-refractivity contribution in [3.8, 4) is 0 Å². The normalized spacial score (nSPS) is 24.7. The molecule has 2 fully saturated rings. The molecule has 22 N–H and O–H groups in total. The summed E-state index contributed by atoms with van der Waals surface area (Å²) in [5.74, 6) is -8.08. The van der Waals surface area contributed by atoms with Crippen LogP contribution < -0.4 is 36.6 Å². The van der Waals surface area contributed by atoms with E-state index in [1.54, 1.807) is 0 Å². The molecule has 2 aliphatic rings. The Hall–Kier alpha value is -4.41. The Balaban J connectivity index is 0.0000387. The van der Waals surface area contributed by atoms with Crippen LogP contribution in [0.4, 0.5) is 0 Å². The van der Waals surface area contributed by atoms with Crippen LogP contribution in [-0.4, -0.2) is 391 Å². The minimum atomic E-state index is -2.14. The second kappa shape index (κ2) is 45.0. The quantitative estimate of drug-likeness (QED) is 0.0153. The zero-order chi connectivity index (χ0) is 65.5. The first-order valence-corrected chi connectivity index (χ1v) is 26.5. The minimum absolute atomic E-state index is 0. The predicted molar refractivity (Wildman–Crippen MR) is 276 cm³/mol. The molecule has 18 atom stereocenters. The van der Waals surface area contributed by atoms with E-state index in [1.165, 1.54) is 4.90 Å². The molecule has 0 bridgehead atoms. The van der Waals surface area contributed by atoms with E-state index in [2.05, 4.69) is 31.6 Å². The van der Waals surface area contributed by atoms with Gasteiger partial charge in [-0.05, 0) is 0 Å². The Labute approximate surface area is 537 Å². The fourth-order valence-corrected chi connectivity index (χ4v) is 7.88. The molecule has 43 heteroatoms. The van der Waals surface area contributed by atoms with Crippen LogP contribution in [-0.2, 0) is 62.2 Å². The van der Waals surface area contributed by atoms with Gasteiger partial charge < -0.3 is 167 Å². The third-order valence-corrected chi connectivity index (χ3v) is 12.5. The third kappa shape index (κ3) is 31.2. The zero-order valence-corrected chi connectivity index (χ0v) is 49.5. The maximum Gasteiger partial charge on any atom is 3.00 e. The van der Waals surface area contributed by atoms with Gasteiger partial charge in [-0.15, -0.1) is 0 Å². The first kappa shape index (κ1) is 84.6. The van der Waals surface area contributed by atoms with Crippen molar-refractivity contribution in [2.75, 3.05) is 125 Å². The molecule has 2 rings (SSSR count). The van der Waals surface area contributed by atoms with Gasteiger partial charge in [-0.1, -0.05) is 10.3 Å². The molecule has 0 aromatic carbocycles. The summed E-state index contributed by atoms with van der Waals surface area (Å²) in [7, 11) is 0. The molecule has 2 aliphatic heterocycles. The van der Waals surface area contributed by atoms with Gasteiger partial charge in [-0.25, -0.2) is 0 Å². The van der Waals surface area contributed by atoms with Gasteiger partial charge in [-0.3, -0.25) is 33.9 Å². The number of nitrogens with one attached hydrogen (secondary N) is 4. The number of carbonyl (C=O) groups is 7. The molecular weight excluding hydrogens is 1360 g/mol. The maximum absolute atomic E-state index is 12.7. The molecule has 1 radical (unpaired) electrons. The van der Waals surface area contributed by atoms with Gasteiger partial charge in [0.05, 0.1) is 69.9 Å². The van der Waals surface area contributed by atoms with Crippen LogP contribution in [0.2, 0.25) is 0 Å². The van der Waals surface area contributed by atoms with Gasteiger partial charge in [-0.2, -0.15) is 0 Å². The van der Waals surface area contributed by atoms with Crippen LogP contribution in [0.3, 0.4) is 0 Å². The van der Waals surface area contributed by atoms with E-state index in [4.69, 9.17) is 28.6 Å². The van der Waals surface area contributed by atoms with Crippen molar-refractivity contribution in [1.29, 1.82) is 0 Å². The molecule has 0 spiro atoms. The van der Waals surface area contributed by atoms with E-state index in [-0.39, 0.29) is 97.8 Å². The van der Waals surface area contributed by atoms with Crippen molar-refractivity contribution in [2.24, 2.45) is 10.3 Å². The maximum atomic E-state index is 12.7. The number of carboxylic acid groups (broad SMARTS) is 3. The topological polar surface area (TPSA) is 682 Å². The van der Waals surface area contributed by atoms with Crippen molar-refractivity contribution in [3.05, 3.63) is 0 Å². The number of aliphatic hydroxyl groups is 16. The molecule has 0 saturated carbocycles. The second-order valence-corrected chi connectivity index (χ2v) is 19.3. The second-order valence-electron chi connectivity index (χ2n) is 19.3. The van der Waals surface area contributed by atoms with Crippen molar-refractivity contribution >= 4 is 54.0 Å². The molecule has 515 valence electrons. The molecule has 2 heterocycles. The van der Waals surface area contributed by atoms with Crippen molar-refractivity contribution in [1.82, 2.24) is 36.0 Å². The van der Waals surface area contributed by atoms with Crippen molar-refractivity contribution < 1.29 is 205 Å². The summed E-state index contributed by atoms with van der Waals surface area (Å²) in [6, 6.07) is 0. The van der Waals surface area contributed by atoms with E-state index < -0.39 is 224 Å². The van der Waals surface area contributed by atoms with Gasteiger partial charge in [0.2, 0.25) is 11.8 Å². The van der Waals surface area contributed by atoms with Crippen LogP contribution in [0.1, 0.15) is 0 Å². The number of aliphatic carboxylic acids is 3. The number of aliphatic hydroxyl groups excluding tert-OH is 16. The number of nitrogens with zero attached hydrogens (tertiary/aromatic N) is 5. The Morgan fingerprint density at radius 3 is 1.08 bits per heavy atom. The number of oxime groups is 2. The Bertz CT molecular complexity index is 2020. The average Bonchev–Trinajstić information content (AvgIpc) is 2.32. The summed E-state index contributed by atoms with van der Waals surface area (Å²) in [6.45, 7) is -11.0. The number of hydrogen-bond acceptors (Lipinski definition) is 37. The molecule has 42 nitrogen and oxygen atoms in total. The van der Waals surface area contributed by atoms with Crippen LogP contribution in [0, 0.1) is 39.9 Å². The first-order chi connectivity index (χ1) is 41.1. The van der Waals surface area contributed by atoms with Crippen LogP contribution in [0.15, 0.2) is 10.3 Å². The van der Waals surface area contributed by atoms with Gasteiger partial charge >= 0.3 is 39.9 Å². The molecule has 0 aromatic rings. The van der Waals surface area contributed by atoms with E-state index in [0.29, 0.717) is 12.4 Å². The predicted octanol–water partition coefficient (Wildman–Crippen LogP) is -20.7. The SMILES string of the molecule is O.O=C([O-])CN(CCN(CC(=O)[O-])CC(=O)NCCNC(=O)CO/N=C/C(O)[C@H](O)[C@H](OC1OC(CO)C(O)C(O)C1O)C(O)CO)CCN(CC(=O)[O-])CC(=O)NCCNC(=O)CO/N=C/C(O)[C@H](O)[C@@H](OC1OC(CO)C(O)C(O)C1O)C(O)CO.[Gd+3]. The van der Waals surface area contributed by atoms with E-state index in [9.17, 15) is 131 Å². The van der Waals surface area contributed by atoms with Crippen molar-refractivity contribution in [3.63, 3.8) is 0 Å². The summed E-state index contributed by atoms with van der Waals surface area (Å²) >= 11 is 0. The smallest absolute Gasteiger partial charge is 0.549 e. The largest absolute Gasteiger partial charge is 3.00 e. The number of carboxylic acids is 3. The molecule has 4 amide bonds. The standard InChI is InChI=1S/C46H81N9O32.Gd.H2O/c56-16-24(62)43(86-45-41(80)39(78)37(76)26(18-58)84-45)35(74)22(60)9-51-82-20-30(66)49-3-1-47-28(64)11-54(14-33(70)71)7-5-53(13-32(68)69)6-8-55(15-34(72)73)12-29(65)48-2-4-50-31(67)21-83-52-10-23(61)36(75)44(25(63)17-57)87-46-42(81)40(79)38(77)27(19-59)85-46;;/h9-10,22-27,35-46,56-63,74-81H,1-8,11-21H2,(H,47,64)(H,48,65)(H,49,66)(H,50,67)(H,68,69)(H,70,71)(H,72,73);;1H2/q;+3;/p-3/b51-9+,52-10+;;/t22?,23?,24?,25?,26?,27?,35-,36-,37?,38?,39?,40?,41?,42?,43-,44+,45?,46?;;/m0../s1. The fourth-order valence-electron chi connectivity index (χ4n) is 7.88. The van der Waals surface area contributed by atoms with E-state index >= 15 is 0 Å². The number of rotatable bonds is 44. The number of ether oxygens (including phenoxy) is 4. The van der Waals surface area contributed by atoms with E-state index in [1.807, 2.05) is 0 Å². The molecule has 2 saturated heterocycles. The Kier molecular flexibility index (Phi) is 42.8. The average molecular weight is 1440 g/mol. The number of amides is 4. The van der Waals surface area contributed by atoms with Gasteiger partial charge in [0, 0.05) is 72.0 Å². The van der Waals surface area contributed by atoms with Crippen LogP contribution in [0.5, 0.6) is 0 Å². The monoisotopic (exact) mass is 1440 g/mol. The van der Waals surface area contributed by atoms with Crippen LogP contribution in [0.25, 0.3) is 0 Å². The summed E-state index contributed by atoms with van der Waals surface area (Å²) < 4.78 is 20.8. The molecule has 89 heavy (non-hydrogen) atoms. The van der Waals surface area contributed by atoms with Crippen molar-refractivity contribution in [2.45, 2.75) is 110 Å². The minimum Gasteiger partial charge on any atom is -0.549 e. The first-order valence-electron chi connectivity index (χ1n) is 26.5. The zero-order valence-electron chi connectivity index (χ0n) is 47.3. The van der Waals surface area contributed by atoms with Gasteiger partial charge in [0.25, 0.3) is 11.8 Å². The molecule has 0 aliphatic carbocycles. The Morgan fingerprint density at radius 2 is 0.775 bits per heavy atom. The molecular formula is C46H80GdN9O33. The van der Waals surface area contributed by atoms with Gasteiger partial charge in [0.15, 0.2) is 25.8 Å². The summed E-state index contributed by atoms with van der Waals surface area (Å²) in [6.07, 6.45) is -33.0. The summed E-state index contributed by atoms with van der Waals surface area (Å²) in [4.78, 5) is 97.4. The molecule has 14 unspecified atom stereocenters. The molecule has 0 aromatic heterocycles.